The van der Waals surface area contributed by atoms with E-state index in [9.17, 15) is 14.4 Å². The highest BCUT2D eigenvalue weighted by Crippen LogP contribution is 2.27. The van der Waals surface area contributed by atoms with E-state index in [1.165, 1.54) is 19.9 Å². The summed E-state index contributed by atoms with van der Waals surface area (Å²) in [7, 11) is 0. The molecule has 0 saturated carbocycles. The van der Waals surface area contributed by atoms with Crippen LogP contribution in [0.15, 0.2) is 42.5 Å². The molecule has 0 aromatic heterocycles. The molecular formula is C22H26N2O4. The van der Waals surface area contributed by atoms with Crippen LogP contribution in [0.3, 0.4) is 0 Å². The highest BCUT2D eigenvalue weighted by Gasteiger charge is 2.21. The number of nitrogens with one attached hydrogen (secondary N) is 2. The largest absolute Gasteiger partial charge is 0.449 e. The molecule has 0 spiro atoms. The molecule has 0 heterocycles. The summed E-state index contributed by atoms with van der Waals surface area (Å²) in [5.41, 5.74) is 3.46. The zero-order valence-electron chi connectivity index (χ0n) is 16.8. The highest BCUT2D eigenvalue weighted by molar-refractivity contribution is 5.99. The molecule has 2 amide bonds. The highest BCUT2D eigenvalue weighted by atomic mass is 16.5. The smallest absolute Gasteiger partial charge is 0.338 e. The van der Waals surface area contributed by atoms with E-state index in [1.807, 2.05) is 25.1 Å². The molecule has 2 rings (SSSR count). The first kappa shape index (κ1) is 21.2. The molecule has 2 N–H and O–H groups in total. The fourth-order valence-electron chi connectivity index (χ4n) is 2.78. The molecule has 2 aromatic rings. The van der Waals surface area contributed by atoms with Crippen LogP contribution < -0.4 is 10.6 Å². The lowest BCUT2D eigenvalue weighted by Crippen LogP contribution is -2.30. The minimum atomic E-state index is -0.975. The van der Waals surface area contributed by atoms with E-state index < -0.39 is 18.0 Å². The monoisotopic (exact) mass is 382 g/mol. The van der Waals surface area contributed by atoms with Crippen molar-refractivity contribution in [3.8, 4) is 0 Å². The maximum Gasteiger partial charge on any atom is 0.338 e. The summed E-state index contributed by atoms with van der Waals surface area (Å²) in [6.07, 6.45) is -0.975. The Morgan fingerprint density at radius 3 is 2.29 bits per heavy atom. The third-order valence-corrected chi connectivity index (χ3v) is 4.25. The Morgan fingerprint density at radius 2 is 1.64 bits per heavy atom. The first-order valence-electron chi connectivity index (χ1n) is 9.18. The lowest BCUT2D eigenvalue weighted by Gasteiger charge is -2.19. The van der Waals surface area contributed by atoms with Gasteiger partial charge in [0.15, 0.2) is 6.10 Å². The number of hydrogen-bond donors (Lipinski definition) is 2. The zero-order chi connectivity index (χ0) is 20.8. The number of esters is 1. The topological polar surface area (TPSA) is 84.5 Å². The molecule has 0 radical (unpaired) electrons. The first-order chi connectivity index (χ1) is 13.2. The Labute approximate surface area is 165 Å². The van der Waals surface area contributed by atoms with E-state index >= 15 is 0 Å². The zero-order valence-corrected chi connectivity index (χ0v) is 16.8. The van der Waals surface area contributed by atoms with E-state index in [4.69, 9.17) is 4.74 Å². The second kappa shape index (κ2) is 9.17. The number of benzene rings is 2. The van der Waals surface area contributed by atoms with Crippen LogP contribution in [0.4, 0.5) is 11.4 Å². The summed E-state index contributed by atoms with van der Waals surface area (Å²) in [4.78, 5) is 36.1. The molecular weight excluding hydrogens is 356 g/mol. The van der Waals surface area contributed by atoms with E-state index in [2.05, 4.69) is 24.5 Å². The van der Waals surface area contributed by atoms with Crippen LogP contribution in [-0.4, -0.2) is 23.9 Å². The second-order valence-electron chi connectivity index (χ2n) is 6.99. The van der Waals surface area contributed by atoms with E-state index in [-0.39, 0.29) is 17.4 Å². The van der Waals surface area contributed by atoms with Gasteiger partial charge in [-0.3, -0.25) is 9.59 Å². The second-order valence-corrected chi connectivity index (χ2v) is 6.99. The molecule has 0 aliphatic rings. The molecule has 6 nitrogen and oxygen atoms in total. The fourth-order valence-corrected chi connectivity index (χ4v) is 2.78. The average molecular weight is 382 g/mol. The van der Waals surface area contributed by atoms with Crippen LogP contribution in [0, 0.1) is 6.92 Å². The molecule has 0 aliphatic carbocycles. The molecule has 0 unspecified atom stereocenters. The van der Waals surface area contributed by atoms with Gasteiger partial charge in [-0.15, -0.1) is 0 Å². The summed E-state index contributed by atoms with van der Waals surface area (Å²) in [5.74, 6) is -1.03. The molecule has 2 aromatic carbocycles. The Morgan fingerprint density at radius 1 is 0.964 bits per heavy atom. The number of aryl methyl sites for hydroxylation is 1. The summed E-state index contributed by atoms with van der Waals surface area (Å²) in [5, 5.41) is 5.49. The van der Waals surface area contributed by atoms with Gasteiger partial charge in [0.1, 0.15) is 0 Å². The van der Waals surface area contributed by atoms with Crippen LogP contribution in [-0.2, 0) is 14.3 Å². The molecule has 148 valence electrons. The fraction of sp³-hybridized carbons (Fsp3) is 0.318. The van der Waals surface area contributed by atoms with Crippen molar-refractivity contribution in [2.75, 3.05) is 10.6 Å². The Bertz CT molecular complexity index is 890. The summed E-state index contributed by atoms with van der Waals surface area (Å²) in [6.45, 7) is 8.93. The van der Waals surface area contributed by atoms with Crippen molar-refractivity contribution in [1.29, 1.82) is 0 Å². The van der Waals surface area contributed by atoms with Crippen molar-refractivity contribution in [3.63, 3.8) is 0 Å². The minimum Gasteiger partial charge on any atom is -0.449 e. The van der Waals surface area contributed by atoms with Crippen LogP contribution in [0.25, 0.3) is 0 Å². The van der Waals surface area contributed by atoms with E-state index in [1.54, 1.807) is 18.2 Å². The molecule has 0 bridgehead atoms. The van der Waals surface area contributed by atoms with Crippen molar-refractivity contribution in [2.45, 2.75) is 46.6 Å². The number of ether oxygens (including phenoxy) is 1. The maximum atomic E-state index is 12.6. The third-order valence-electron chi connectivity index (χ3n) is 4.25. The Balaban J connectivity index is 2.09. The Kier molecular flexibility index (Phi) is 6.93. The van der Waals surface area contributed by atoms with Gasteiger partial charge in [0.05, 0.1) is 5.56 Å². The van der Waals surface area contributed by atoms with Crippen LogP contribution >= 0.6 is 0 Å². The van der Waals surface area contributed by atoms with Crippen LogP contribution in [0.1, 0.15) is 55.1 Å². The van der Waals surface area contributed by atoms with Crippen LogP contribution in [0.2, 0.25) is 0 Å². The first-order valence-corrected chi connectivity index (χ1v) is 9.18. The lowest BCUT2D eigenvalue weighted by atomic mass is 9.98. The van der Waals surface area contributed by atoms with Gasteiger partial charge in [-0.1, -0.05) is 38.1 Å². The molecule has 6 heteroatoms. The number of amides is 2. The van der Waals surface area contributed by atoms with Gasteiger partial charge in [-0.05, 0) is 49.1 Å². The van der Waals surface area contributed by atoms with Gasteiger partial charge >= 0.3 is 5.97 Å². The summed E-state index contributed by atoms with van der Waals surface area (Å²) >= 11 is 0. The summed E-state index contributed by atoms with van der Waals surface area (Å²) < 4.78 is 5.31. The number of para-hydroxylation sites is 1. The normalized spacial score (nSPS) is 11.6. The lowest BCUT2D eigenvalue weighted by molar-refractivity contribution is -0.123. The number of anilines is 2. The van der Waals surface area contributed by atoms with Crippen molar-refractivity contribution in [3.05, 3.63) is 59.2 Å². The Hall–Kier alpha value is -3.15. The molecule has 0 aliphatic heterocycles. The quantitative estimate of drug-likeness (QED) is 0.731. The SMILES string of the molecule is CC(=O)Nc1cccc(C(=O)O[C@@H](C)C(=O)Nc2c(C)cccc2C(C)C)c1. The van der Waals surface area contributed by atoms with E-state index in [0.717, 1.165) is 16.8 Å². The van der Waals surface area contributed by atoms with Crippen LogP contribution in [0.5, 0.6) is 0 Å². The van der Waals surface area contributed by atoms with Gasteiger partial charge in [-0.25, -0.2) is 4.79 Å². The minimum absolute atomic E-state index is 0.238. The number of carbonyl (C=O) groups excluding carboxylic acids is 3. The number of hydrogen-bond acceptors (Lipinski definition) is 4. The predicted molar refractivity (Wildman–Crippen MR) is 110 cm³/mol. The number of carbonyl (C=O) groups is 3. The van der Waals surface area contributed by atoms with Crippen molar-refractivity contribution < 1.29 is 19.1 Å². The van der Waals surface area contributed by atoms with Crippen molar-refractivity contribution in [1.82, 2.24) is 0 Å². The van der Waals surface area contributed by atoms with Gasteiger partial charge in [-0.2, -0.15) is 0 Å². The van der Waals surface area contributed by atoms with Crippen molar-refractivity contribution >= 4 is 29.2 Å². The third kappa shape index (κ3) is 5.42. The van der Waals surface area contributed by atoms with Gasteiger partial charge in [0, 0.05) is 18.3 Å². The average Bonchev–Trinajstić information content (AvgIpc) is 2.62. The predicted octanol–water partition coefficient (Wildman–Crippen LogP) is 4.26. The number of rotatable bonds is 6. The molecule has 0 fully saturated rings. The van der Waals surface area contributed by atoms with Gasteiger partial charge < -0.3 is 15.4 Å². The van der Waals surface area contributed by atoms with Crippen molar-refractivity contribution in [2.24, 2.45) is 0 Å². The summed E-state index contributed by atoms with van der Waals surface area (Å²) in [6, 6.07) is 12.2. The molecule has 0 saturated heterocycles. The maximum absolute atomic E-state index is 12.6. The standard InChI is InChI=1S/C22H26N2O4/c1-13(2)19-11-6-8-14(3)20(19)24-21(26)15(4)28-22(27)17-9-7-10-18(12-17)23-16(5)25/h6-13,15H,1-5H3,(H,23,25)(H,24,26)/t15-/m0/s1. The van der Waals surface area contributed by atoms with E-state index in [0.29, 0.717) is 5.69 Å². The molecule has 1 atom stereocenters. The molecule has 28 heavy (non-hydrogen) atoms. The van der Waals surface area contributed by atoms with Gasteiger partial charge in [0.25, 0.3) is 5.91 Å². The van der Waals surface area contributed by atoms with Gasteiger partial charge in [0.2, 0.25) is 5.91 Å².